The molecular formula is C21H28. The lowest BCUT2D eigenvalue weighted by Crippen LogP contribution is -2.16. The summed E-state index contributed by atoms with van der Waals surface area (Å²) in [6.45, 7) is 11.5. The van der Waals surface area contributed by atoms with Crippen LogP contribution in [0.2, 0.25) is 0 Å². The van der Waals surface area contributed by atoms with Crippen molar-refractivity contribution >= 4 is 0 Å². The highest BCUT2D eigenvalue weighted by Crippen LogP contribution is 2.31. The minimum absolute atomic E-state index is 0.251. The van der Waals surface area contributed by atoms with Gasteiger partial charge in [-0.3, -0.25) is 0 Å². The molecule has 0 saturated heterocycles. The third kappa shape index (κ3) is 3.75. The maximum atomic E-state index is 2.44. The Hall–Kier alpha value is -1.56. The van der Waals surface area contributed by atoms with Gasteiger partial charge in [-0.25, -0.2) is 0 Å². The van der Waals surface area contributed by atoms with E-state index >= 15 is 0 Å². The van der Waals surface area contributed by atoms with Gasteiger partial charge in [0.15, 0.2) is 0 Å². The molecule has 0 heteroatoms. The molecule has 0 unspecified atom stereocenters. The standard InChI is InChI=1S/C21H28/c1-6-21(4,5)19-12-13-20(16(2)3)18(15-19)14-17-10-8-7-9-11-17/h7-13,15-16H,6,14H2,1-5H3. The highest BCUT2D eigenvalue weighted by Gasteiger charge is 2.19. The first kappa shape index (κ1) is 15.8. The Morgan fingerprint density at radius 1 is 0.952 bits per heavy atom. The molecule has 0 nitrogen and oxygen atoms in total. The molecule has 0 heterocycles. The second-order valence-electron chi connectivity index (χ2n) is 6.97. The van der Waals surface area contributed by atoms with E-state index in [1.807, 2.05) is 0 Å². The first-order chi connectivity index (χ1) is 9.94. The van der Waals surface area contributed by atoms with Crippen LogP contribution in [-0.4, -0.2) is 0 Å². The minimum Gasteiger partial charge on any atom is -0.0646 e. The fourth-order valence-corrected chi connectivity index (χ4v) is 2.76. The van der Waals surface area contributed by atoms with Crippen LogP contribution < -0.4 is 0 Å². The van der Waals surface area contributed by atoms with Crippen molar-refractivity contribution in [3.05, 3.63) is 70.8 Å². The molecule has 2 aromatic carbocycles. The van der Waals surface area contributed by atoms with Crippen LogP contribution in [0.3, 0.4) is 0 Å². The van der Waals surface area contributed by atoms with Crippen LogP contribution >= 0.6 is 0 Å². The van der Waals surface area contributed by atoms with Crippen LogP contribution in [-0.2, 0) is 11.8 Å². The molecule has 0 N–H and O–H groups in total. The normalized spacial score (nSPS) is 11.9. The number of rotatable bonds is 5. The lowest BCUT2D eigenvalue weighted by atomic mass is 9.79. The van der Waals surface area contributed by atoms with E-state index in [9.17, 15) is 0 Å². The molecule has 0 fully saturated rings. The van der Waals surface area contributed by atoms with Crippen LogP contribution in [0.1, 0.15) is 69.2 Å². The fraction of sp³-hybridized carbons (Fsp3) is 0.429. The summed E-state index contributed by atoms with van der Waals surface area (Å²) in [5.41, 5.74) is 6.07. The van der Waals surface area contributed by atoms with Crippen molar-refractivity contribution in [2.24, 2.45) is 0 Å². The molecule has 0 bridgehead atoms. The summed E-state index contributed by atoms with van der Waals surface area (Å²) in [5.74, 6) is 0.572. The first-order valence-corrected chi connectivity index (χ1v) is 8.11. The van der Waals surface area contributed by atoms with Gasteiger partial charge < -0.3 is 0 Å². The average Bonchev–Trinajstić information content (AvgIpc) is 2.48. The SMILES string of the molecule is CCC(C)(C)c1ccc(C(C)C)c(Cc2ccccc2)c1. The van der Waals surface area contributed by atoms with Crippen molar-refractivity contribution in [1.82, 2.24) is 0 Å². The van der Waals surface area contributed by atoms with Crippen LogP contribution in [0, 0.1) is 0 Å². The van der Waals surface area contributed by atoms with Gasteiger partial charge >= 0.3 is 0 Å². The van der Waals surface area contributed by atoms with Gasteiger partial charge in [-0.1, -0.05) is 83.1 Å². The molecule has 0 amide bonds. The summed E-state index contributed by atoms with van der Waals surface area (Å²) in [7, 11) is 0. The van der Waals surface area contributed by atoms with E-state index in [0.29, 0.717) is 5.92 Å². The van der Waals surface area contributed by atoms with Gasteiger partial charge in [-0.2, -0.15) is 0 Å². The van der Waals surface area contributed by atoms with E-state index in [2.05, 4.69) is 83.1 Å². The Balaban J connectivity index is 2.43. The van der Waals surface area contributed by atoms with Crippen LogP contribution in [0.5, 0.6) is 0 Å². The van der Waals surface area contributed by atoms with E-state index in [4.69, 9.17) is 0 Å². The highest BCUT2D eigenvalue weighted by molar-refractivity contribution is 5.40. The molecule has 21 heavy (non-hydrogen) atoms. The molecule has 2 aromatic rings. The van der Waals surface area contributed by atoms with Crippen molar-refractivity contribution in [1.29, 1.82) is 0 Å². The molecule has 2 rings (SSSR count). The van der Waals surface area contributed by atoms with Gasteiger partial charge in [0.05, 0.1) is 0 Å². The maximum absolute atomic E-state index is 2.44. The topological polar surface area (TPSA) is 0 Å². The van der Waals surface area contributed by atoms with Crippen LogP contribution in [0.15, 0.2) is 48.5 Å². The van der Waals surface area contributed by atoms with E-state index in [1.165, 1.54) is 28.7 Å². The van der Waals surface area contributed by atoms with Gasteiger partial charge in [-0.05, 0) is 46.4 Å². The van der Waals surface area contributed by atoms with E-state index in [-0.39, 0.29) is 5.41 Å². The zero-order valence-electron chi connectivity index (χ0n) is 14.1. The molecular weight excluding hydrogens is 252 g/mol. The summed E-state index contributed by atoms with van der Waals surface area (Å²) in [6.07, 6.45) is 2.20. The van der Waals surface area contributed by atoms with Crippen molar-refractivity contribution in [2.45, 2.75) is 58.8 Å². The summed E-state index contributed by atoms with van der Waals surface area (Å²) in [6, 6.07) is 17.9. The molecule has 0 saturated carbocycles. The molecule has 0 radical (unpaired) electrons. The average molecular weight is 280 g/mol. The predicted octanol–water partition coefficient (Wildman–Crippen LogP) is 6.09. The predicted molar refractivity (Wildman–Crippen MR) is 93.1 cm³/mol. The summed E-state index contributed by atoms with van der Waals surface area (Å²) in [4.78, 5) is 0. The second kappa shape index (κ2) is 6.47. The summed E-state index contributed by atoms with van der Waals surface area (Å²) >= 11 is 0. The summed E-state index contributed by atoms with van der Waals surface area (Å²) < 4.78 is 0. The van der Waals surface area contributed by atoms with Gasteiger partial charge in [0.2, 0.25) is 0 Å². The number of hydrogen-bond donors (Lipinski definition) is 0. The Kier molecular flexibility index (Phi) is 4.88. The third-order valence-electron chi connectivity index (χ3n) is 4.67. The lowest BCUT2D eigenvalue weighted by Gasteiger charge is -2.25. The Bertz CT molecular complexity index is 576. The Morgan fingerprint density at radius 2 is 1.62 bits per heavy atom. The zero-order chi connectivity index (χ0) is 15.5. The summed E-state index contributed by atoms with van der Waals surface area (Å²) in [5, 5.41) is 0. The van der Waals surface area contributed by atoms with Crippen LogP contribution in [0.25, 0.3) is 0 Å². The molecule has 0 aliphatic carbocycles. The second-order valence-corrected chi connectivity index (χ2v) is 6.97. The van der Waals surface area contributed by atoms with Crippen molar-refractivity contribution in [3.63, 3.8) is 0 Å². The fourth-order valence-electron chi connectivity index (χ4n) is 2.76. The molecule has 0 atom stereocenters. The van der Waals surface area contributed by atoms with Crippen molar-refractivity contribution in [2.75, 3.05) is 0 Å². The molecule has 112 valence electrons. The molecule has 0 aromatic heterocycles. The molecule has 0 spiro atoms. The van der Waals surface area contributed by atoms with Crippen LogP contribution in [0.4, 0.5) is 0 Å². The Labute approximate surface area is 130 Å². The third-order valence-corrected chi connectivity index (χ3v) is 4.67. The van der Waals surface area contributed by atoms with Crippen molar-refractivity contribution in [3.8, 4) is 0 Å². The zero-order valence-corrected chi connectivity index (χ0v) is 14.1. The highest BCUT2D eigenvalue weighted by atomic mass is 14.2. The smallest absolute Gasteiger partial charge is 0.00228 e. The quantitative estimate of drug-likeness (QED) is 0.622. The lowest BCUT2D eigenvalue weighted by molar-refractivity contribution is 0.505. The molecule has 0 aliphatic heterocycles. The Morgan fingerprint density at radius 3 is 2.19 bits per heavy atom. The number of hydrogen-bond acceptors (Lipinski definition) is 0. The van der Waals surface area contributed by atoms with E-state index in [1.54, 1.807) is 0 Å². The maximum Gasteiger partial charge on any atom is -0.00228 e. The largest absolute Gasteiger partial charge is 0.0646 e. The van der Waals surface area contributed by atoms with Gasteiger partial charge in [0.25, 0.3) is 0 Å². The minimum atomic E-state index is 0.251. The molecule has 0 aliphatic rings. The van der Waals surface area contributed by atoms with Gasteiger partial charge in [-0.15, -0.1) is 0 Å². The number of benzene rings is 2. The van der Waals surface area contributed by atoms with Gasteiger partial charge in [0.1, 0.15) is 0 Å². The first-order valence-electron chi connectivity index (χ1n) is 8.11. The van der Waals surface area contributed by atoms with Gasteiger partial charge in [0, 0.05) is 0 Å². The monoisotopic (exact) mass is 280 g/mol. The van der Waals surface area contributed by atoms with E-state index < -0.39 is 0 Å². The van der Waals surface area contributed by atoms with Crippen molar-refractivity contribution < 1.29 is 0 Å². The van der Waals surface area contributed by atoms with E-state index in [0.717, 1.165) is 6.42 Å².